The first-order valence-electron chi connectivity index (χ1n) is 13.5. The van der Waals surface area contributed by atoms with Crippen LogP contribution in [-0.4, -0.2) is 60.4 Å². The van der Waals surface area contributed by atoms with Gasteiger partial charge in [0.1, 0.15) is 29.9 Å². The normalized spacial score (nSPS) is 18.4. The smallest absolute Gasteiger partial charge is 0.326 e. The number of rotatable bonds is 6. The fourth-order valence-electron chi connectivity index (χ4n) is 5.19. The minimum absolute atomic E-state index is 0.0818. The van der Waals surface area contributed by atoms with E-state index in [2.05, 4.69) is 11.2 Å². The van der Waals surface area contributed by atoms with Gasteiger partial charge in [0, 0.05) is 34.8 Å². The number of benzene rings is 3. The Bertz CT molecular complexity index is 1570. The SMILES string of the molecule is C#Cc1cc(OC)cc(OC(C)C)c1C1=N[C@@H](c2ccc(Cl)cc2)[C@@H](c2ccc(Cl)cc2)N1C(=O)N1CCNC(=O)C1. The zero-order valence-electron chi connectivity index (χ0n) is 23.4. The van der Waals surface area contributed by atoms with E-state index in [1.165, 1.54) is 4.90 Å². The highest BCUT2D eigenvalue weighted by atomic mass is 35.5. The fourth-order valence-corrected chi connectivity index (χ4v) is 5.45. The predicted molar refractivity (Wildman–Crippen MR) is 163 cm³/mol. The number of methoxy groups -OCH3 is 1. The van der Waals surface area contributed by atoms with Crippen LogP contribution in [-0.2, 0) is 4.79 Å². The van der Waals surface area contributed by atoms with Crippen LogP contribution in [0.15, 0.2) is 65.7 Å². The van der Waals surface area contributed by atoms with Gasteiger partial charge in [0.05, 0.1) is 24.8 Å². The second-order valence-electron chi connectivity index (χ2n) is 10.2. The molecule has 1 saturated heterocycles. The summed E-state index contributed by atoms with van der Waals surface area (Å²) in [7, 11) is 1.55. The molecular weight excluding hydrogens is 575 g/mol. The van der Waals surface area contributed by atoms with Gasteiger partial charge in [-0.05, 0) is 55.3 Å². The maximum Gasteiger partial charge on any atom is 0.326 e. The van der Waals surface area contributed by atoms with Crippen molar-refractivity contribution in [3.63, 3.8) is 0 Å². The molecule has 0 unspecified atom stereocenters. The van der Waals surface area contributed by atoms with Crippen molar-refractivity contribution in [2.45, 2.75) is 32.0 Å². The third-order valence-electron chi connectivity index (χ3n) is 7.06. The van der Waals surface area contributed by atoms with E-state index in [0.29, 0.717) is 51.6 Å². The molecule has 2 aliphatic heterocycles. The number of halogens is 2. The Balaban J connectivity index is 1.77. The summed E-state index contributed by atoms with van der Waals surface area (Å²) >= 11 is 12.5. The average molecular weight is 606 g/mol. The van der Waals surface area contributed by atoms with Gasteiger partial charge in [-0.1, -0.05) is 53.4 Å². The molecule has 0 aliphatic carbocycles. The Hall–Kier alpha value is -4.19. The van der Waals surface area contributed by atoms with E-state index in [9.17, 15) is 9.59 Å². The Kier molecular flexibility index (Phi) is 8.62. The number of nitrogens with one attached hydrogen (secondary N) is 1. The Morgan fingerprint density at radius 2 is 1.71 bits per heavy atom. The fraction of sp³-hybridized carbons (Fsp3) is 0.281. The molecule has 2 aliphatic rings. The molecule has 1 N–H and O–H groups in total. The first-order valence-corrected chi connectivity index (χ1v) is 14.2. The molecular formula is C32H30Cl2N4O4. The number of terminal acetylenes is 1. The predicted octanol–water partition coefficient (Wildman–Crippen LogP) is 5.87. The van der Waals surface area contributed by atoms with Gasteiger partial charge in [0.25, 0.3) is 0 Å². The molecule has 0 spiro atoms. The van der Waals surface area contributed by atoms with Crippen LogP contribution in [0.1, 0.15) is 48.2 Å². The number of urea groups is 1. The highest BCUT2D eigenvalue weighted by Crippen LogP contribution is 2.46. The Morgan fingerprint density at radius 3 is 2.29 bits per heavy atom. The van der Waals surface area contributed by atoms with Gasteiger partial charge in [0.15, 0.2) is 0 Å². The Labute approximate surface area is 255 Å². The van der Waals surface area contributed by atoms with E-state index >= 15 is 0 Å². The lowest BCUT2D eigenvalue weighted by atomic mass is 9.93. The lowest BCUT2D eigenvalue weighted by molar-refractivity contribution is -0.123. The van der Waals surface area contributed by atoms with Crippen molar-refractivity contribution in [2.24, 2.45) is 4.99 Å². The number of aliphatic imine (C=N–C) groups is 1. The van der Waals surface area contributed by atoms with Crippen molar-refractivity contribution in [3.8, 4) is 23.8 Å². The molecule has 42 heavy (non-hydrogen) atoms. The number of ether oxygens (including phenoxy) is 2. The zero-order chi connectivity index (χ0) is 30.0. The molecule has 3 amide bonds. The van der Waals surface area contributed by atoms with Crippen molar-refractivity contribution in [1.29, 1.82) is 0 Å². The maximum absolute atomic E-state index is 14.5. The van der Waals surface area contributed by atoms with Gasteiger partial charge in [0.2, 0.25) is 5.91 Å². The number of nitrogens with zero attached hydrogens (tertiary/aromatic N) is 3. The van der Waals surface area contributed by atoms with Crippen LogP contribution in [0, 0.1) is 12.3 Å². The number of carbonyl (C=O) groups is 2. The van der Waals surface area contributed by atoms with Crippen molar-refractivity contribution in [2.75, 3.05) is 26.7 Å². The van der Waals surface area contributed by atoms with Crippen LogP contribution in [0.2, 0.25) is 10.0 Å². The quantitative estimate of drug-likeness (QED) is 0.357. The molecule has 0 aromatic heterocycles. The largest absolute Gasteiger partial charge is 0.497 e. The molecule has 0 saturated carbocycles. The van der Waals surface area contributed by atoms with E-state index in [4.69, 9.17) is 44.1 Å². The highest BCUT2D eigenvalue weighted by molar-refractivity contribution is 6.30. The van der Waals surface area contributed by atoms with E-state index in [-0.39, 0.29) is 24.6 Å². The molecule has 2 heterocycles. The highest BCUT2D eigenvalue weighted by Gasteiger charge is 2.45. The minimum atomic E-state index is -0.601. The maximum atomic E-state index is 14.5. The molecule has 3 aromatic rings. The molecule has 5 rings (SSSR count). The molecule has 0 bridgehead atoms. The second kappa shape index (κ2) is 12.4. The number of amidine groups is 1. The van der Waals surface area contributed by atoms with Gasteiger partial charge in [-0.3, -0.25) is 14.7 Å². The molecule has 3 aromatic carbocycles. The average Bonchev–Trinajstić information content (AvgIpc) is 3.36. The first kappa shape index (κ1) is 29.3. The first-order chi connectivity index (χ1) is 20.2. The van der Waals surface area contributed by atoms with E-state index in [1.807, 2.05) is 38.1 Å². The van der Waals surface area contributed by atoms with Crippen molar-refractivity contribution >= 4 is 41.0 Å². The van der Waals surface area contributed by atoms with E-state index in [1.54, 1.807) is 48.4 Å². The van der Waals surface area contributed by atoms with Crippen molar-refractivity contribution < 1.29 is 19.1 Å². The number of piperazine rings is 1. The molecule has 216 valence electrons. The van der Waals surface area contributed by atoms with Crippen LogP contribution in [0.3, 0.4) is 0 Å². The topological polar surface area (TPSA) is 83.5 Å². The lowest BCUT2D eigenvalue weighted by Crippen LogP contribution is -2.55. The van der Waals surface area contributed by atoms with Gasteiger partial charge in [-0.2, -0.15) is 0 Å². The summed E-state index contributed by atoms with van der Waals surface area (Å²) in [6.07, 6.45) is 5.83. The van der Waals surface area contributed by atoms with Crippen LogP contribution in [0.5, 0.6) is 11.5 Å². The Morgan fingerprint density at radius 1 is 1.07 bits per heavy atom. The van der Waals surface area contributed by atoms with Crippen molar-refractivity contribution in [3.05, 3.63) is 93.0 Å². The summed E-state index contributed by atoms with van der Waals surface area (Å²) in [5.74, 6) is 3.77. The minimum Gasteiger partial charge on any atom is -0.497 e. The zero-order valence-corrected chi connectivity index (χ0v) is 24.9. The summed E-state index contributed by atoms with van der Waals surface area (Å²) < 4.78 is 11.7. The number of hydrogen-bond donors (Lipinski definition) is 1. The molecule has 2 atom stereocenters. The lowest BCUT2D eigenvalue weighted by Gasteiger charge is -2.36. The summed E-state index contributed by atoms with van der Waals surface area (Å²) in [6, 6.07) is 16.6. The standard InChI is InChI=1S/C32H30Cl2N4O4/c1-5-20-16-25(41-4)17-26(42-19(2)3)28(20)31-36-29(21-6-10-23(33)11-7-21)30(22-8-12-24(34)13-9-22)38(31)32(40)37-15-14-35-27(39)18-37/h1,6-13,16-17,19,29-30H,14-15,18H2,2-4H3,(H,35,39)/t29-,30+/m0/s1. The van der Waals surface area contributed by atoms with Gasteiger partial charge >= 0.3 is 6.03 Å². The van der Waals surface area contributed by atoms with E-state index in [0.717, 1.165) is 11.1 Å². The monoisotopic (exact) mass is 604 g/mol. The van der Waals surface area contributed by atoms with Gasteiger partial charge < -0.3 is 19.7 Å². The van der Waals surface area contributed by atoms with E-state index < -0.39 is 12.1 Å². The van der Waals surface area contributed by atoms with Crippen molar-refractivity contribution in [1.82, 2.24) is 15.1 Å². The summed E-state index contributed by atoms with van der Waals surface area (Å²) in [6.45, 7) is 4.40. The van der Waals surface area contributed by atoms with Gasteiger partial charge in [-0.25, -0.2) is 4.79 Å². The second-order valence-corrected chi connectivity index (χ2v) is 11.1. The molecule has 0 radical (unpaired) electrons. The summed E-state index contributed by atoms with van der Waals surface area (Å²) in [5.41, 5.74) is 2.57. The van der Waals surface area contributed by atoms with Crippen LogP contribution >= 0.6 is 23.2 Å². The molecule has 10 heteroatoms. The molecule has 8 nitrogen and oxygen atoms in total. The van der Waals surface area contributed by atoms with Crippen LogP contribution in [0.25, 0.3) is 0 Å². The number of hydrogen-bond acceptors (Lipinski definition) is 5. The van der Waals surface area contributed by atoms with Gasteiger partial charge in [-0.15, -0.1) is 6.42 Å². The number of carbonyl (C=O) groups excluding carboxylic acids is 2. The summed E-state index contributed by atoms with van der Waals surface area (Å²) in [4.78, 5) is 35.2. The summed E-state index contributed by atoms with van der Waals surface area (Å²) in [5, 5.41) is 3.92. The number of amides is 3. The molecule has 1 fully saturated rings. The van der Waals surface area contributed by atoms with Crippen LogP contribution in [0.4, 0.5) is 4.79 Å². The third-order valence-corrected chi connectivity index (χ3v) is 7.56. The van der Waals surface area contributed by atoms with Crippen LogP contribution < -0.4 is 14.8 Å². The third kappa shape index (κ3) is 5.89.